The summed E-state index contributed by atoms with van der Waals surface area (Å²) in [6, 6.07) is 11.3. The van der Waals surface area contributed by atoms with Gasteiger partial charge in [0.1, 0.15) is 12.0 Å². The lowest BCUT2D eigenvalue weighted by Crippen LogP contribution is -2.36. The number of fused-ring (bicyclic) bond motifs is 3. The van der Waals surface area contributed by atoms with Gasteiger partial charge in [0.2, 0.25) is 0 Å². The lowest BCUT2D eigenvalue weighted by Gasteiger charge is -2.28. The molecule has 4 heterocycles. The number of imidazole rings is 1. The van der Waals surface area contributed by atoms with E-state index in [9.17, 15) is 13.6 Å². The van der Waals surface area contributed by atoms with Crippen LogP contribution in [-0.4, -0.2) is 59.1 Å². The molecule has 0 spiro atoms. The lowest BCUT2D eigenvalue weighted by molar-refractivity contribution is 0.0950. The molecule has 0 unspecified atom stereocenters. The van der Waals surface area contributed by atoms with Gasteiger partial charge in [-0.1, -0.05) is 17.4 Å². The maximum Gasteiger partial charge on any atom is 0.251 e. The fourth-order valence-electron chi connectivity index (χ4n) is 5.43. The lowest BCUT2D eigenvalue weighted by atomic mass is 10.0. The predicted molar refractivity (Wildman–Crippen MR) is 143 cm³/mol. The first kappa shape index (κ1) is 24.5. The van der Waals surface area contributed by atoms with Gasteiger partial charge in [0, 0.05) is 43.0 Å². The third-order valence-electron chi connectivity index (χ3n) is 7.54. The highest BCUT2D eigenvalue weighted by Gasteiger charge is 2.20. The summed E-state index contributed by atoms with van der Waals surface area (Å²) in [6.07, 6.45) is 5.41. The van der Waals surface area contributed by atoms with Gasteiger partial charge in [-0.25, -0.2) is 13.8 Å². The number of piperidine rings is 1. The number of nitrogens with one attached hydrogen (secondary N) is 2. The number of alkyl halides is 1. The predicted octanol–water partition coefficient (Wildman–Crippen LogP) is 5.33. The van der Waals surface area contributed by atoms with E-state index in [0.29, 0.717) is 36.2 Å². The molecule has 2 N–H and O–H groups in total. The summed E-state index contributed by atoms with van der Waals surface area (Å²) < 4.78 is 31.2. The van der Waals surface area contributed by atoms with Crippen LogP contribution in [0.1, 0.15) is 54.1 Å². The Morgan fingerprint density at radius 3 is 2.81 bits per heavy atom. The van der Waals surface area contributed by atoms with Crippen molar-refractivity contribution in [3.63, 3.8) is 0 Å². The molecule has 2 saturated heterocycles. The van der Waals surface area contributed by atoms with E-state index in [4.69, 9.17) is 0 Å². The van der Waals surface area contributed by atoms with Crippen molar-refractivity contribution in [3.8, 4) is 11.3 Å². The van der Waals surface area contributed by atoms with Gasteiger partial charge in [-0.15, -0.1) is 0 Å². The number of amides is 1. The highest BCUT2D eigenvalue weighted by molar-refractivity contribution is 7.23. The molecule has 1 atom stereocenters. The molecule has 0 aliphatic carbocycles. The highest BCUT2D eigenvalue weighted by atomic mass is 32.1. The number of likely N-dealkylation sites (tertiary alicyclic amines) is 1. The Bertz CT molecular complexity index is 1420. The molecule has 0 radical (unpaired) electrons. The van der Waals surface area contributed by atoms with Crippen LogP contribution in [0.25, 0.3) is 26.4 Å². The maximum absolute atomic E-state index is 15.0. The molecule has 0 saturated carbocycles. The third kappa shape index (κ3) is 5.12. The second-order valence-corrected chi connectivity index (χ2v) is 11.1. The quantitative estimate of drug-likeness (QED) is 0.322. The number of nitrogens with zero attached hydrogens (tertiary/aromatic N) is 3. The Balaban J connectivity index is 1.12. The summed E-state index contributed by atoms with van der Waals surface area (Å²) in [6.45, 7) is 4.03. The van der Waals surface area contributed by atoms with Crippen LogP contribution in [-0.2, 0) is 0 Å². The van der Waals surface area contributed by atoms with Crippen molar-refractivity contribution in [2.45, 2.75) is 44.3 Å². The molecule has 6 rings (SSSR count). The minimum Gasteiger partial charge on any atom is -0.352 e. The first-order valence-corrected chi connectivity index (χ1v) is 14.0. The summed E-state index contributed by atoms with van der Waals surface area (Å²) in [7, 11) is 0. The Morgan fingerprint density at radius 2 is 2.03 bits per heavy atom. The van der Waals surface area contributed by atoms with Crippen LogP contribution in [0.2, 0.25) is 0 Å². The largest absolute Gasteiger partial charge is 0.352 e. The zero-order chi connectivity index (χ0) is 25.4. The minimum absolute atomic E-state index is 0.102. The summed E-state index contributed by atoms with van der Waals surface area (Å²) >= 11 is 1.49. The van der Waals surface area contributed by atoms with Gasteiger partial charge < -0.3 is 15.5 Å². The standard InChI is InChI=1S/C28H31F2N5OS/c29-20-8-13-34(14-9-20)12-2-11-32-27(36)19-5-7-25-26(16-19)37-28-33-24(17-35(25)28)21-6-4-18(15-22(21)30)23-3-1-10-31-23/h4-7,15-17,20,23,31H,1-3,8-14H2,(H,32,36)/t23-/m1/s1. The van der Waals surface area contributed by atoms with Gasteiger partial charge in [0.15, 0.2) is 4.96 Å². The van der Waals surface area contributed by atoms with Crippen LogP contribution >= 0.6 is 11.3 Å². The molecule has 2 aromatic heterocycles. The van der Waals surface area contributed by atoms with E-state index in [1.54, 1.807) is 6.07 Å². The van der Waals surface area contributed by atoms with Crippen LogP contribution in [0.3, 0.4) is 0 Å². The van der Waals surface area contributed by atoms with Crippen molar-refractivity contribution in [2.24, 2.45) is 0 Å². The van der Waals surface area contributed by atoms with Crippen LogP contribution in [0, 0.1) is 5.82 Å². The first-order valence-electron chi connectivity index (χ1n) is 13.1. The van der Waals surface area contributed by atoms with E-state index >= 15 is 0 Å². The number of carbonyl (C=O) groups is 1. The zero-order valence-corrected chi connectivity index (χ0v) is 21.5. The molecule has 2 aromatic carbocycles. The Kier molecular flexibility index (Phi) is 6.92. The monoisotopic (exact) mass is 523 g/mol. The smallest absolute Gasteiger partial charge is 0.251 e. The molecule has 2 aliphatic heterocycles. The summed E-state index contributed by atoms with van der Waals surface area (Å²) in [5.74, 6) is -0.359. The molecule has 6 nitrogen and oxygen atoms in total. The van der Waals surface area contributed by atoms with Gasteiger partial charge in [-0.05, 0) is 81.1 Å². The molecule has 4 aromatic rings. The Morgan fingerprint density at radius 1 is 1.16 bits per heavy atom. The third-order valence-corrected chi connectivity index (χ3v) is 8.56. The molecule has 0 bridgehead atoms. The van der Waals surface area contributed by atoms with Crippen molar-refractivity contribution in [1.82, 2.24) is 24.9 Å². The number of hydrogen-bond acceptors (Lipinski definition) is 5. The SMILES string of the molecule is O=C(NCCCN1CCC(F)CC1)c1ccc2c(c1)sc1nc(-c3ccc([C@H]4CCCN4)cc3F)cn12. The van der Waals surface area contributed by atoms with E-state index in [1.807, 2.05) is 40.9 Å². The number of carbonyl (C=O) groups excluding carboxylic acids is 1. The fourth-order valence-corrected chi connectivity index (χ4v) is 6.48. The van der Waals surface area contributed by atoms with Crippen LogP contribution < -0.4 is 10.6 Å². The van der Waals surface area contributed by atoms with Crippen molar-refractivity contribution in [1.29, 1.82) is 0 Å². The molecular formula is C28H31F2N5OS. The summed E-state index contributed by atoms with van der Waals surface area (Å²) in [4.78, 5) is 20.4. The van der Waals surface area contributed by atoms with E-state index in [0.717, 1.165) is 66.2 Å². The number of thiazole rings is 1. The van der Waals surface area contributed by atoms with E-state index in [2.05, 4.69) is 20.5 Å². The van der Waals surface area contributed by atoms with Gasteiger partial charge >= 0.3 is 0 Å². The maximum atomic E-state index is 15.0. The number of benzene rings is 2. The minimum atomic E-state index is -0.663. The number of halogens is 2. The van der Waals surface area contributed by atoms with Crippen LogP contribution in [0.4, 0.5) is 8.78 Å². The average molecular weight is 524 g/mol. The second kappa shape index (κ2) is 10.5. The van der Waals surface area contributed by atoms with Crippen molar-refractivity contribution in [3.05, 3.63) is 59.5 Å². The van der Waals surface area contributed by atoms with E-state index in [1.165, 1.54) is 11.3 Å². The van der Waals surface area contributed by atoms with Crippen molar-refractivity contribution in [2.75, 3.05) is 32.7 Å². The number of rotatable bonds is 7. The topological polar surface area (TPSA) is 61.7 Å². The van der Waals surface area contributed by atoms with Gasteiger partial charge in [-0.3, -0.25) is 9.20 Å². The number of hydrogen-bond donors (Lipinski definition) is 2. The summed E-state index contributed by atoms with van der Waals surface area (Å²) in [5, 5.41) is 6.41. The van der Waals surface area contributed by atoms with E-state index in [-0.39, 0.29) is 17.8 Å². The molecule has 194 valence electrons. The molecule has 9 heteroatoms. The van der Waals surface area contributed by atoms with Gasteiger partial charge in [-0.2, -0.15) is 0 Å². The van der Waals surface area contributed by atoms with Gasteiger partial charge in [0.25, 0.3) is 5.91 Å². The Labute approximate surface area is 218 Å². The van der Waals surface area contributed by atoms with Gasteiger partial charge in [0.05, 0.1) is 15.9 Å². The summed E-state index contributed by atoms with van der Waals surface area (Å²) in [5.41, 5.74) is 3.64. The first-order chi connectivity index (χ1) is 18.0. The molecule has 2 fully saturated rings. The zero-order valence-electron chi connectivity index (χ0n) is 20.7. The van der Waals surface area contributed by atoms with Crippen molar-refractivity contribution < 1.29 is 13.6 Å². The van der Waals surface area contributed by atoms with Crippen LogP contribution in [0.5, 0.6) is 0 Å². The normalized spacial score (nSPS) is 19.2. The second-order valence-electron chi connectivity index (χ2n) is 10.1. The molecular weight excluding hydrogens is 492 g/mol. The number of aromatic nitrogens is 2. The van der Waals surface area contributed by atoms with Crippen LogP contribution in [0.15, 0.2) is 42.6 Å². The van der Waals surface area contributed by atoms with E-state index < -0.39 is 6.17 Å². The fraction of sp³-hybridized carbons (Fsp3) is 0.429. The average Bonchev–Trinajstić information content (AvgIpc) is 3.64. The molecule has 2 aliphatic rings. The molecule has 37 heavy (non-hydrogen) atoms. The molecule has 1 amide bonds. The Hall–Kier alpha value is -2.88. The van der Waals surface area contributed by atoms with Crippen molar-refractivity contribution >= 4 is 32.4 Å². The highest BCUT2D eigenvalue weighted by Crippen LogP contribution is 2.32.